The molecule has 6 heteroatoms. The van der Waals surface area contributed by atoms with Crippen LogP contribution in [0.2, 0.25) is 0 Å². The van der Waals surface area contributed by atoms with E-state index in [1.54, 1.807) is 27.8 Å². The average Bonchev–Trinajstić information content (AvgIpc) is 3.10. The number of hydrogen-bond donors (Lipinski definition) is 5. The summed E-state index contributed by atoms with van der Waals surface area (Å²) in [5.74, 6) is 0.554. The van der Waals surface area contributed by atoms with Gasteiger partial charge in [0.05, 0.1) is 16.9 Å². The molecule has 3 rings (SSSR count). The van der Waals surface area contributed by atoms with Crippen molar-refractivity contribution in [3.8, 4) is 5.88 Å². The lowest BCUT2D eigenvalue weighted by molar-refractivity contribution is 0.113. The summed E-state index contributed by atoms with van der Waals surface area (Å²) in [5.41, 5.74) is 4.42. The number of amidine groups is 1. The molecule has 0 fully saturated rings. The first-order valence-electron chi connectivity index (χ1n) is 12.0. The molecule has 0 bridgehead atoms. The van der Waals surface area contributed by atoms with Crippen LogP contribution < -0.4 is 15.9 Å². The van der Waals surface area contributed by atoms with E-state index in [9.17, 15) is 10.2 Å². The van der Waals surface area contributed by atoms with Crippen molar-refractivity contribution in [2.75, 3.05) is 7.05 Å². The molecule has 2 atom stereocenters. The number of H-pyrrole nitrogens is 1. The summed E-state index contributed by atoms with van der Waals surface area (Å²) in [6.07, 6.45) is 7.93. The summed E-state index contributed by atoms with van der Waals surface area (Å²) in [5, 5.41) is 34.1. The number of benzene rings is 1. The normalized spacial score (nSPS) is 18.7. The van der Waals surface area contributed by atoms with E-state index in [4.69, 9.17) is 5.41 Å². The lowest BCUT2D eigenvalue weighted by Gasteiger charge is -2.25. The van der Waals surface area contributed by atoms with Crippen LogP contribution in [-0.4, -0.2) is 39.4 Å². The van der Waals surface area contributed by atoms with Crippen molar-refractivity contribution in [2.24, 2.45) is 10.9 Å². The van der Waals surface area contributed by atoms with Crippen molar-refractivity contribution in [2.45, 2.75) is 65.9 Å². The van der Waals surface area contributed by atoms with Crippen LogP contribution in [0.25, 0.3) is 12.2 Å². The number of aromatic nitrogens is 1. The largest absolute Gasteiger partial charge is 0.494 e. The molecule has 1 aliphatic rings. The molecule has 182 valence electrons. The molecule has 0 aliphatic heterocycles. The number of aliphatic hydroxyl groups is 1. The van der Waals surface area contributed by atoms with Crippen molar-refractivity contribution < 1.29 is 10.2 Å². The van der Waals surface area contributed by atoms with Crippen LogP contribution in [0.4, 0.5) is 0 Å². The van der Waals surface area contributed by atoms with Crippen molar-refractivity contribution in [3.05, 3.63) is 62.8 Å². The zero-order valence-corrected chi connectivity index (χ0v) is 21.4. The van der Waals surface area contributed by atoms with Gasteiger partial charge in [0.15, 0.2) is 5.88 Å². The highest BCUT2D eigenvalue weighted by Gasteiger charge is 2.25. The van der Waals surface area contributed by atoms with E-state index in [2.05, 4.69) is 66.4 Å². The van der Waals surface area contributed by atoms with E-state index in [0.29, 0.717) is 22.9 Å². The van der Waals surface area contributed by atoms with Gasteiger partial charge in [-0.1, -0.05) is 44.2 Å². The van der Waals surface area contributed by atoms with Crippen LogP contribution in [0.5, 0.6) is 5.88 Å². The molecule has 6 nitrogen and oxygen atoms in total. The molecular formula is C28H38N4O2. The molecule has 0 spiro atoms. The molecule has 1 aromatic heterocycles. The average molecular weight is 463 g/mol. The fourth-order valence-electron chi connectivity index (χ4n) is 4.73. The van der Waals surface area contributed by atoms with Gasteiger partial charge in [-0.05, 0) is 63.1 Å². The number of aromatic amines is 1. The Bertz CT molecular complexity index is 1260. The van der Waals surface area contributed by atoms with E-state index in [0.717, 1.165) is 23.4 Å². The molecule has 1 heterocycles. The third-order valence-corrected chi connectivity index (χ3v) is 6.68. The van der Waals surface area contributed by atoms with E-state index >= 15 is 0 Å². The minimum absolute atomic E-state index is 0.00686. The molecule has 0 saturated carbocycles. The number of rotatable bonds is 7. The van der Waals surface area contributed by atoms with Gasteiger partial charge < -0.3 is 20.5 Å². The fourth-order valence-corrected chi connectivity index (χ4v) is 4.73. The minimum atomic E-state index is -1.12. The summed E-state index contributed by atoms with van der Waals surface area (Å²) in [6.45, 7) is 11.6. The molecule has 2 unspecified atom stereocenters. The molecule has 34 heavy (non-hydrogen) atoms. The molecule has 1 aromatic carbocycles. The van der Waals surface area contributed by atoms with Gasteiger partial charge in [-0.25, -0.2) is 4.99 Å². The van der Waals surface area contributed by atoms with Gasteiger partial charge >= 0.3 is 0 Å². The minimum Gasteiger partial charge on any atom is -0.494 e. The monoisotopic (exact) mass is 462 g/mol. The topological polar surface area (TPSA) is 104 Å². The molecule has 5 N–H and O–H groups in total. The molecule has 2 aromatic rings. The van der Waals surface area contributed by atoms with Crippen molar-refractivity contribution >= 4 is 23.7 Å². The van der Waals surface area contributed by atoms with Crippen LogP contribution in [-0.2, 0) is 6.42 Å². The van der Waals surface area contributed by atoms with E-state index < -0.39 is 5.60 Å². The second kappa shape index (κ2) is 10.0. The summed E-state index contributed by atoms with van der Waals surface area (Å²) < 4.78 is 0. The Kier molecular flexibility index (Phi) is 7.51. The predicted molar refractivity (Wildman–Crippen MR) is 141 cm³/mol. The maximum Gasteiger partial charge on any atom is 0.198 e. The van der Waals surface area contributed by atoms with E-state index in [-0.39, 0.29) is 17.6 Å². The first-order chi connectivity index (χ1) is 16.0. The van der Waals surface area contributed by atoms with Gasteiger partial charge in [-0.15, -0.1) is 0 Å². The number of hydrogen-bond acceptors (Lipinski definition) is 4. The number of fused-ring (bicyclic) bond motifs is 1. The Balaban J connectivity index is 2.13. The first kappa shape index (κ1) is 25.5. The standard InChI is InChI=1S/C28H38N4O2/c1-8-18-11-10-16(3)20(12-18)21-14-22-23(13-19(21)9-2)32-27(33)26(22)17(4)31-25(29)15-24(30-7)28(5,6)34/h10-15,19,21,29-30,32-34H,8-9H2,1-7H3/b24-15-,29-25?,31-17?. The van der Waals surface area contributed by atoms with Crippen LogP contribution in [0.3, 0.4) is 0 Å². The Morgan fingerprint density at radius 1 is 1.26 bits per heavy atom. The molecular weight excluding hydrogens is 424 g/mol. The van der Waals surface area contributed by atoms with Crippen molar-refractivity contribution in [1.82, 2.24) is 10.3 Å². The van der Waals surface area contributed by atoms with Gasteiger partial charge in [0.2, 0.25) is 0 Å². The van der Waals surface area contributed by atoms with E-state index in [1.165, 1.54) is 22.8 Å². The molecule has 1 aliphatic carbocycles. The third kappa shape index (κ3) is 5.17. The Labute approximate surface area is 202 Å². The number of aliphatic imine (C=N–C) groups is 1. The van der Waals surface area contributed by atoms with Crippen LogP contribution in [0.1, 0.15) is 69.2 Å². The summed E-state index contributed by atoms with van der Waals surface area (Å²) in [4.78, 5) is 7.55. The quantitative estimate of drug-likeness (QED) is 0.320. The fraction of sp³-hybridized carbons (Fsp3) is 0.429. The Hall–Kier alpha value is -3.12. The smallest absolute Gasteiger partial charge is 0.198 e. The first-order valence-corrected chi connectivity index (χ1v) is 12.0. The second-order valence-electron chi connectivity index (χ2n) is 9.60. The lowest BCUT2D eigenvalue weighted by Crippen LogP contribution is -2.34. The number of likely N-dealkylation sites (N-methyl/N-ethyl adjacent to an activating group) is 1. The van der Waals surface area contributed by atoms with Gasteiger partial charge in [0, 0.05) is 35.3 Å². The third-order valence-electron chi connectivity index (χ3n) is 6.68. The number of aromatic hydroxyl groups is 1. The van der Waals surface area contributed by atoms with Crippen LogP contribution in [0.15, 0.2) is 35.0 Å². The van der Waals surface area contributed by atoms with Crippen LogP contribution in [0, 0.1) is 18.3 Å². The summed E-state index contributed by atoms with van der Waals surface area (Å²) in [7, 11) is 1.70. The molecule has 0 saturated heterocycles. The number of aryl methyl sites for hydroxylation is 2. The zero-order valence-electron chi connectivity index (χ0n) is 21.4. The van der Waals surface area contributed by atoms with Crippen LogP contribution >= 0.6 is 0 Å². The van der Waals surface area contributed by atoms with Gasteiger partial charge in [0.25, 0.3) is 0 Å². The Morgan fingerprint density at radius 3 is 2.56 bits per heavy atom. The van der Waals surface area contributed by atoms with Gasteiger partial charge in [0.1, 0.15) is 5.84 Å². The molecule has 0 amide bonds. The number of nitrogens with zero attached hydrogens (tertiary/aromatic N) is 1. The highest BCUT2D eigenvalue weighted by molar-refractivity contribution is 6.09. The highest BCUT2D eigenvalue weighted by Crippen LogP contribution is 2.34. The van der Waals surface area contributed by atoms with Gasteiger partial charge in [-0.3, -0.25) is 5.41 Å². The van der Waals surface area contributed by atoms with Gasteiger partial charge in [-0.2, -0.15) is 0 Å². The summed E-state index contributed by atoms with van der Waals surface area (Å²) in [6, 6.07) is 6.69. The predicted octanol–water partition coefficient (Wildman–Crippen LogP) is 3.64. The van der Waals surface area contributed by atoms with Crippen molar-refractivity contribution in [1.29, 1.82) is 5.41 Å². The van der Waals surface area contributed by atoms with Crippen molar-refractivity contribution in [3.63, 3.8) is 0 Å². The maximum absolute atomic E-state index is 10.8. The molecule has 0 radical (unpaired) electrons. The number of nitrogens with one attached hydrogen (secondary N) is 3. The second-order valence-corrected chi connectivity index (χ2v) is 9.60. The maximum atomic E-state index is 10.8. The lowest BCUT2D eigenvalue weighted by atomic mass is 9.78. The Morgan fingerprint density at radius 2 is 1.97 bits per heavy atom. The summed E-state index contributed by atoms with van der Waals surface area (Å²) >= 11 is 0. The SMILES string of the molecule is CCc1ccc(C)c(C2C=c3c(C(C)=NC(=N)/C=C(\NC)C(C)(C)O)c(O)[nH]c3=CC2CC)c1. The highest BCUT2D eigenvalue weighted by atomic mass is 16.3. The van der Waals surface area contributed by atoms with E-state index in [1.807, 2.05) is 0 Å². The zero-order chi connectivity index (χ0) is 25.2.